The average molecular weight is 224 g/mol. The molecular weight excluding hydrogens is 208 g/mol. The van der Waals surface area contributed by atoms with Crippen molar-refractivity contribution in [2.24, 2.45) is 0 Å². The van der Waals surface area contributed by atoms with Gasteiger partial charge in [-0.25, -0.2) is 4.79 Å². The van der Waals surface area contributed by atoms with Gasteiger partial charge in [0.1, 0.15) is 5.75 Å². The molecular formula is C12H16O4. The van der Waals surface area contributed by atoms with Gasteiger partial charge in [-0.2, -0.15) is 0 Å². The van der Waals surface area contributed by atoms with Crippen LogP contribution in [0.25, 0.3) is 0 Å². The minimum absolute atomic E-state index is 0.182. The largest absolute Gasteiger partial charge is 0.513 e. The quantitative estimate of drug-likeness (QED) is 0.615. The molecule has 0 amide bonds. The molecule has 0 aliphatic carbocycles. The lowest BCUT2D eigenvalue weighted by atomic mass is 10.1. The topological polar surface area (TPSA) is 55.8 Å². The molecule has 16 heavy (non-hydrogen) atoms. The van der Waals surface area contributed by atoms with Gasteiger partial charge in [0.2, 0.25) is 0 Å². The Hall–Kier alpha value is -1.55. The summed E-state index contributed by atoms with van der Waals surface area (Å²) >= 11 is 0. The van der Waals surface area contributed by atoms with Crippen molar-refractivity contribution in [1.82, 2.24) is 0 Å². The van der Waals surface area contributed by atoms with Gasteiger partial charge >= 0.3 is 6.16 Å². The first kappa shape index (κ1) is 12.5. The number of hydrogen-bond donors (Lipinski definition) is 1. The number of carbonyl (C=O) groups excluding carboxylic acids is 1. The Kier molecular flexibility index (Phi) is 5.36. The van der Waals surface area contributed by atoms with E-state index in [0.717, 1.165) is 18.4 Å². The van der Waals surface area contributed by atoms with E-state index >= 15 is 0 Å². The van der Waals surface area contributed by atoms with Crippen molar-refractivity contribution in [1.29, 1.82) is 0 Å². The SMILES string of the molecule is CCOC(=O)Oc1ccc(CCCO)cc1. The molecule has 0 aromatic heterocycles. The Balaban J connectivity index is 2.47. The summed E-state index contributed by atoms with van der Waals surface area (Å²) in [4.78, 5) is 11.0. The fraction of sp³-hybridized carbons (Fsp3) is 0.417. The lowest BCUT2D eigenvalue weighted by Gasteiger charge is -2.04. The molecule has 1 N–H and O–H groups in total. The molecule has 0 aliphatic heterocycles. The Morgan fingerprint density at radius 2 is 2.00 bits per heavy atom. The number of ether oxygens (including phenoxy) is 2. The molecule has 0 bridgehead atoms. The second-order valence-corrected chi connectivity index (χ2v) is 3.26. The normalized spacial score (nSPS) is 9.88. The van der Waals surface area contributed by atoms with Crippen LogP contribution in [0.3, 0.4) is 0 Å². The molecule has 0 saturated carbocycles. The molecule has 0 atom stereocenters. The summed E-state index contributed by atoms with van der Waals surface area (Å²) in [6.45, 7) is 2.20. The van der Waals surface area contributed by atoms with Crippen LogP contribution >= 0.6 is 0 Å². The summed E-state index contributed by atoms with van der Waals surface area (Å²) in [6.07, 6.45) is 0.861. The molecule has 1 rings (SSSR count). The van der Waals surface area contributed by atoms with Crippen LogP contribution < -0.4 is 4.74 Å². The van der Waals surface area contributed by atoms with Crippen LogP contribution in [0.2, 0.25) is 0 Å². The van der Waals surface area contributed by atoms with Crippen LogP contribution in [-0.2, 0) is 11.2 Å². The maximum atomic E-state index is 11.0. The lowest BCUT2D eigenvalue weighted by molar-refractivity contribution is 0.104. The number of aryl methyl sites for hydroxylation is 1. The van der Waals surface area contributed by atoms with Crippen molar-refractivity contribution in [3.05, 3.63) is 29.8 Å². The third-order valence-corrected chi connectivity index (χ3v) is 2.01. The summed E-state index contributed by atoms with van der Waals surface area (Å²) in [6, 6.07) is 7.15. The molecule has 0 saturated heterocycles. The number of carbonyl (C=O) groups is 1. The van der Waals surface area contributed by atoms with Gasteiger partial charge in [0, 0.05) is 6.61 Å². The first-order valence-corrected chi connectivity index (χ1v) is 5.30. The fourth-order valence-corrected chi connectivity index (χ4v) is 1.25. The Morgan fingerprint density at radius 1 is 1.31 bits per heavy atom. The second kappa shape index (κ2) is 6.85. The molecule has 4 heteroatoms. The standard InChI is InChI=1S/C12H16O4/c1-2-15-12(14)16-11-7-5-10(6-8-11)4-3-9-13/h5-8,13H,2-4,9H2,1H3. The van der Waals surface area contributed by atoms with Crippen molar-refractivity contribution in [3.63, 3.8) is 0 Å². The highest BCUT2D eigenvalue weighted by Gasteiger charge is 2.04. The van der Waals surface area contributed by atoms with Gasteiger partial charge in [-0.05, 0) is 37.5 Å². The third kappa shape index (κ3) is 4.31. The molecule has 0 unspecified atom stereocenters. The van der Waals surface area contributed by atoms with Gasteiger partial charge < -0.3 is 14.6 Å². The minimum Gasteiger partial charge on any atom is -0.434 e. The van der Waals surface area contributed by atoms with E-state index in [-0.39, 0.29) is 6.61 Å². The monoisotopic (exact) mass is 224 g/mol. The maximum absolute atomic E-state index is 11.0. The number of hydrogen-bond acceptors (Lipinski definition) is 4. The van der Waals surface area contributed by atoms with Crippen LogP contribution in [0.1, 0.15) is 18.9 Å². The molecule has 0 radical (unpaired) electrons. The Labute approximate surface area is 94.8 Å². The van der Waals surface area contributed by atoms with Gasteiger partial charge in [-0.3, -0.25) is 0 Å². The zero-order valence-corrected chi connectivity index (χ0v) is 9.31. The number of aliphatic hydroxyl groups is 1. The lowest BCUT2D eigenvalue weighted by Crippen LogP contribution is -2.09. The Bertz CT molecular complexity index is 318. The smallest absolute Gasteiger partial charge is 0.434 e. The van der Waals surface area contributed by atoms with Crippen molar-refractivity contribution in [2.45, 2.75) is 19.8 Å². The number of rotatable bonds is 5. The molecule has 0 fully saturated rings. The molecule has 0 heterocycles. The van der Waals surface area contributed by atoms with E-state index in [0.29, 0.717) is 12.4 Å². The van der Waals surface area contributed by atoms with Gasteiger partial charge in [0.15, 0.2) is 0 Å². The second-order valence-electron chi connectivity index (χ2n) is 3.26. The first-order valence-electron chi connectivity index (χ1n) is 5.30. The molecule has 1 aromatic carbocycles. The molecule has 0 aliphatic rings. The van der Waals surface area contributed by atoms with Crippen molar-refractivity contribution in [3.8, 4) is 5.75 Å². The third-order valence-electron chi connectivity index (χ3n) is 2.01. The van der Waals surface area contributed by atoms with E-state index in [2.05, 4.69) is 4.74 Å². The van der Waals surface area contributed by atoms with Gasteiger partial charge in [0.25, 0.3) is 0 Å². The van der Waals surface area contributed by atoms with Crippen LogP contribution in [0.5, 0.6) is 5.75 Å². The zero-order valence-electron chi connectivity index (χ0n) is 9.31. The van der Waals surface area contributed by atoms with Crippen molar-refractivity contribution >= 4 is 6.16 Å². The first-order chi connectivity index (χ1) is 7.76. The van der Waals surface area contributed by atoms with Crippen molar-refractivity contribution < 1.29 is 19.4 Å². The van der Waals surface area contributed by atoms with Crippen LogP contribution in [0, 0.1) is 0 Å². The van der Waals surface area contributed by atoms with Gasteiger partial charge in [-0.15, -0.1) is 0 Å². The van der Waals surface area contributed by atoms with Crippen LogP contribution in [-0.4, -0.2) is 24.5 Å². The average Bonchev–Trinajstić information content (AvgIpc) is 2.28. The van der Waals surface area contributed by atoms with E-state index in [1.165, 1.54) is 0 Å². The molecule has 1 aromatic rings. The van der Waals surface area contributed by atoms with Gasteiger partial charge in [-0.1, -0.05) is 12.1 Å². The number of benzene rings is 1. The highest BCUT2D eigenvalue weighted by atomic mass is 16.7. The van der Waals surface area contributed by atoms with E-state index in [1.807, 2.05) is 12.1 Å². The van der Waals surface area contributed by atoms with Crippen LogP contribution in [0.15, 0.2) is 24.3 Å². The van der Waals surface area contributed by atoms with E-state index < -0.39 is 6.16 Å². The molecule has 0 spiro atoms. The minimum atomic E-state index is -0.689. The maximum Gasteiger partial charge on any atom is 0.513 e. The summed E-state index contributed by atoms with van der Waals surface area (Å²) in [7, 11) is 0. The fourth-order valence-electron chi connectivity index (χ4n) is 1.25. The zero-order chi connectivity index (χ0) is 11.8. The van der Waals surface area contributed by atoms with Gasteiger partial charge in [0.05, 0.1) is 6.61 Å². The van der Waals surface area contributed by atoms with E-state index in [4.69, 9.17) is 9.84 Å². The molecule has 4 nitrogen and oxygen atoms in total. The Morgan fingerprint density at radius 3 is 2.56 bits per heavy atom. The molecule has 88 valence electrons. The summed E-state index contributed by atoms with van der Waals surface area (Å²) in [5, 5.41) is 8.67. The van der Waals surface area contributed by atoms with Crippen LogP contribution in [0.4, 0.5) is 4.79 Å². The highest BCUT2D eigenvalue weighted by Crippen LogP contribution is 2.13. The van der Waals surface area contributed by atoms with Crippen molar-refractivity contribution in [2.75, 3.05) is 13.2 Å². The van der Waals surface area contributed by atoms with E-state index in [1.54, 1.807) is 19.1 Å². The predicted octanol–water partition coefficient (Wildman–Crippen LogP) is 2.15. The predicted molar refractivity (Wildman–Crippen MR) is 59.5 cm³/mol. The summed E-state index contributed by atoms with van der Waals surface area (Å²) in [5.41, 5.74) is 1.10. The number of aliphatic hydroxyl groups excluding tert-OH is 1. The highest BCUT2D eigenvalue weighted by molar-refractivity contribution is 5.63. The summed E-state index contributed by atoms with van der Waals surface area (Å²) < 4.78 is 9.55. The van der Waals surface area contributed by atoms with E-state index in [9.17, 15) is 4.79 Å². The summed E-state index contributed by atoms with van der Waals surface area (Å²) in [5.74, 6) is 0.464.